The minimum Gasteiger partial charge on any atom is -0.334 e. The Morgan fingerprint density at radius 1 is 0.760 bits per heavy atom. The van der Waals surface area contributed by atoms with Crippen molar-refractivity contribution in [3.63, 3.8) is 0 Å². The van der Waals surface area contributed by atoms with E-state index < -0.39 is 0 Å². The lowest BCUT2D eigenvalue weighted by Gasteiger charge is -2.25. The third kappa shape index (κ3) is 3.78. The van der Waals surface area contributed by atoms with Gasteiger partial charge in [0.25, 0.3) is 5.89 Å². The van der Waals surface area contributed by atoms with E-state index in [4.69, 9.17) is 4.52 Å². The molecule has 0 radical (unpaired) electrons. The summed E-state index contributed by atoms with van der Waals surface area (Å²) < 4.78 is 5.56. The molecular formula is C21H25N3O. The number of benzene rings is 1. The second-order valence-electron chi connectivity index (χ2n) is 8.46. The summed E-state index contributed by atoms with van der Waals surface area (Å²) in [5.74, 6) is 1.12. The van der Waals surface area contributed by atoms with E-state index in [1.165, 1.54) is 11.1 Å². The summed E-state index contributed by atoms with van der Waals surface area (Å²) in [6.45, 7) is 13.3. The van der Waals surface area contributed by atoms with Crippen molar-refractivity contribution in [3.8, 4) is 22.8 Å². The lowest BCUT2D eigenvalue weighted by Crippen LogP contribution is -2.16. The van der Waals surface area contributed by atoms with Crippen LogP contribution in [0.15, 0.2) is 47.2 Å². The summed E-state index contributed by atoms with van der Waals surface area (Å²) in [5, 5.41) is 4.13. The van der Waals surface area contributed by atoms with E-state index in [2.05, 4.69) is 74.9 Å². The molecule has 0 amide bonds. The molecule has 2 aromatic heterocycles. The predicted octanol–water partition coefficient (Wildman–Crippen LogP) is 5.39. The first-order valence-electron chi connectivity index (χ1n) is 8.55. The first-order valence-corrected chi connectivity index (χ1v) is 8.55. The molecule has 0 unspecified atom stereocenters. The molecule has 0 spiro atoms. The van der Waals surface area contributed by atoms with Crippen LogP contribution >= 0.6 is 0 Å². The van der Waals surface area contributed by atoms with Gasteiger partial charge >= 0.3 is 0 Å². The molecule has 3 rings (SSSR count). The van der Waals surface area contributed by atoms with Crippen LogP contribution in [0.4, 0.5) is 0 Å². The van der Waals surface area contributed by atoms with E-state index in [9.17, 15) is 0 Å². The fourth-order valence-corrected chi connectivity index (χ4v) is 2.58. The van der Waals surface area contributed by atoms with Gasteiger partial charge in [0.1, 0.15) is 0 Å². The summed E-state index contributed by atoms with van der Waals surface area (Å²) >= 11 is 0. The molecule has 3 aromatic rings. The van der Waals surface area contributed by atoms with Gasteiger partial charge in [0.05, 0.1) is 0 Å². The summed E-state index contributed by atoms with van der Waals surface area (Å²) in [6, 6.07) is 10.3. The summed E-state index contributed by atoms with van der Waals surface area (Å²) in [7, 11) is 0. The Labute approximate surface area is 149 Å². The van der Waals surface area contributed by atoms with Crippen molar-refractivity contribution in [1.82, 2.24) is 15.1 Å². The van der Waals surface area contributed by atoms with Crippen molar-refractivity contribution in [2.75, 3.05) is 0 Å². The molecule has 0 aliphatic rings. The zero-order valence-electron chi connectivity index (χ0n) is 15.8. The van der Waals surface area contributed by atoms with Crippen LogP contribution in [-0.4, -0.2) is 15.1 Å². The van der Waals surface area contributed by atoms with Crippen LogP contribution in [0.3, 0.4) is 0 Å². The van der Waals surface area contributed by atoms with E-state index in [1.807, 2.05) is 12.1 Å². The highest BCUT2D eigenvalue weighted by atomic mass is 16.5. The quantitative estimate of drug-likeness (QED) is 0.629. The van der Waals surface area contributed by atoms with Gasteiger partial charge in [-0.15, -0.1) is 0 Å². The van der Waals surface area contributed by atoms with E-state index >= 15 is 0 Å². The number of hydrogen-bond donors (Lipinski definition) is 0. The van der Waals surface area contributed by atoms with Crippen LogP contribution < -0.4 is 0 Å². The van der Waals surface area contributed by atoms with E-state index in [-0.39, 0.29) is 10.8 Å². The maximum absolute atomic E-state index is 5.56. The highest BCUT2D eigenvalue weighted by Crippen LogP contribution is 2.33. The molecule has 0 aliphatic heterocycles. The zero-order valence-corrected chi connectivity index (χ0v) is 15.8. The number of pyridine rings is 1. The average molecular weight is 335 g/mol. The number of nitrogens with zero attached hydrogens (tertiary/aromatic N) is 3. The maximum atomic E-state index is 5.56. The van der Waals surface area contributed by atoms with Crippen LogP contribution in [0, 0.1) is 0 Å². The largest absolute Gasteiger partial charge is 0.334 e. The summed E-state index contributed by atoms with van der Waals surface area (Å²) in [4.78, 5) is 8.62. The van der Waals surface area contributed by atoms with Gasteiger partial charge in [0.15, 0.2) is 0 Å². The second kappa shape index (κ2) is 6.10. The summed E-state index contributed by atoms with van der Waals surface area (Å²) in [5.41, 5.74) is 4.48. The topological polar surface area (TPSA) is 51.8 Å². The van der Waals surface area contributed by atoms with Gasteiger partial charge < -0.3 is 4.52 Å². The Morgan fingerprint density at radius 2 is 1.32 bits per heavy atom. The first-order chi connectivity index (χ1) is 11.6. The summed E-state index contributed by atoms with van der Waals surface area (Å²) in [6.07, 6.45) is 3.45. The van der Waals surface area contributed by atoms with Crippen LogP contribution in [0.25, 0.3) is 22.8 Å². The Morgan fingerprint density at radius 3 is 1.84 bits per heavy atom. The van der Waals surface area contributed by atoms with E-state index in [0.29, 0.717) is 11.7 Å². The zero-order chi connectivity index (χ0) is 18.2. The standard InChI is InChI=1S/C21H25N3O/c1-20(2,3)16-11-15(12-17(13-16)21(4,5)6)19-23-18(24-25-19)14-7-9-22-10-8-14/h7-13H,1-6H3. The van der Waals surface area contributed by atoms with Gasteiger partial charge in [-0.1, -0.05) is 52.8 Å². The molecule has 0 bridgehead atoms. The monoisotopic (exact) mass is 335 g/mol. The molecule has 2 heterocycles. The lowest BCUT2D eigenvalue weighted by molar-refractivity contribution is 0.432. The van der Waals surface area contributed by atoms with Crippen LogP contribution in [0.1, 0.15) is 52.7 Å². The average Bonchev–Trinajstić information content (AvgIpc) is 3.04. The highest BCUT2D eigenvalue weighted by Gasteiger charge is 2.22. The molecule has 0 fully saturated rings. The molecule has 4 nitrogen and oxygen atoms in total. The van der Waals surface area contributed by atoms with Gasteiger partial charge in [-0.25, -0.2) is 0 Å². The van der Waals surface area contributed by atoms with Gasteiger partial charge in [0.2, 0.25) is 5.82 Å². The maximum Gasteiger partial charge on any atom is 0.258 e. The normalized spacial score (nSPS) is 12.4. The van der Waals surface area contributed by atoms with Crippen molar-refractivity contribution in [2.24, 2.45) is 0 Å². The fraction of sp³-hybridized carbons (Fsp3) is 0.381. The molecular weight excluding hydrogens is 310 g/mol. The van der Waals surface area contributed by atoms with E-state index in [1.54, 1.807) is 12.4 Å². The molecule has 25 heavy (non-hydrogen) atoms. The van der Waals surface area contributed by atoms with Crippen molar-refractivity contribution < 1.29 is 4.52 Å². The number of hydrogen-bond acceptors (Lipinski definition) is 4. The van der Waals surface area contributed by atoms with Gasteiger partial charge in [-0.05, 0) is 46.2 Å². The second-order valence-corrected chi connectivity index (χ2v) is 8.46. The third-order valence-electron chi connectivity index (χ3n) is 4.28. The fourth-order valence-electron chi connectivity index (χ4n) is 2.58. The van der Waals surface area contributed by atoms with Crippen molar-refractivity contribution >= 4 is 0 Å². The first kappa shape index (κ1) is 17.3. The van der Waals surface area contributed by atoms with Crippen LogP contribution in [0.2, 0.25) is 0 Å². The molecule has 1 aromatic carbocycles. The highest BCUT2D eigenvalue weighted by molar-refractivity contribution is 5.61. The minimum atomic E-state index is 0.0456. The Balaban J connectivity index is 2.09. The van der Waals surface area contributed by atoms with Crippen molar-refractivity contribution in [3.05, 3.63) is 53.9 Å². The smallest absolute Gasteiger partial charge is 0.258 e. The number of rotatable bonds is 2. The minimum absolute atomic E-state index is 0.0456. The Hall–Kier alpha value is -2.49. The third-order valence-corrected chi connectivity index (χ3v) is 4.28. The van der Waals surface area contributed by atoms with Gasteiger partial charge in [-0.2, -0.15) is 4.98 Å². The predicted molar refractivity (Wildman–Crippen MR) is 100 cm³/mol. The lowest BCUT2D eigenvalue weighted by atomic mass is 9.79. The molecule has 0 atom stereocenters. The molecule has 0 N–H and O–H groups in total. The SMILES string of the molecule is CC(C)(C)c1cc(-c2nc(-c3ccncc3)no2)cc(C(C)(C)C)c1. The molecule has 4 heteroatoms. The Kier molecular flexibility index (Phi) is 4.23. The molecule has 0 aliphatic carbocycles. The van der Waals surface area contributed by atoms with Crippen molar-refractivity contribution in [1.29, 1.82) is 0 Å². The van der Waals surface area contributed by atoms with E-state index in [0.717, 1.165) is 11.1 Å². The molecule has 0 saturated heterocycles. The van der Waals surface area contributed by atoms with Crippen LogP contribution in [-0.2, 0) is 10.8 Å². The van der Waals surface area contributed by atoms with Gasteiger partial charge in [-0.3, -0.25) is 4.98 Å². The molecule has 130 valence electrons. The van der Waals surface area contributed by atoms with Crippen LogP contribution in [0.5, 0.6) is 0 Å². The van der Waals surface area contributed by atoms with Crippen molar-refractivity contribution in [2.45, 2.75) is 52.4 Å². The number of aromatic nitrogens is 3. The Bertz CT molecular complexity index is 836. The molecule has 0 saturated carbocycles. The van der Waals surface area contributed by atoms with Gasteiger partial charge in [0, 0.05) is 23.5 Å².